The van der Waals surface area contributed by atoms with E-state index in [9.17, 15) is 8.42 Å². The van der Waals surface area contributed by atoms with Gasteiger partial charge in [-0.25, -0.2) is 8.42 Å². The minimum Gasteiger partial charge on any atom is -0.383 e. The molecule has 0 aliphatic heterocycles. The van der Waals surface area contributed by atoms with Crippen LogP contribution in [-0.4, -0.2) is 32.9 Å². The van der Waals surface area contributed by atoms with E-state index < -0.39 is 20.6 Å². The van der Waals surface area contributed by atoms with Crippen LogP contribution < -0.4 is 5.73 Å². The Morgan fingerprint density at radius 1 is 1.00 bits per heavy atom. The molecule has 0 radical (unpaired) electrons. The highest BCUT2D eigenvalue weighted by atomic mass is 32.2. The molecule has 1 fully saturated rings. The van der Waals surface area contributed by atoms with Crippen molar-refractivity contribution in [1.29, 1.82) is 0 Å². The molecule has 0 saturated heterocycles. The third-order valence-electron chi connectivity index (χ3n) is 4.82. The zero-order chi connectivity index (χ0) is 17.5. The predicted octanol–water partition coefficient (Wildman–Crippen LogP) is 2.59. The van der Waals surface area contributed by atoms with Gasteiger partial charge in [-0.05, 0) is 31.5 Å². The lowest BCUT2D eigenvalue weighted by molar-refractivity contribution is 0.171. The lowest BCUT2D eigenvalue weighted by Crippen LogP contribution is -2.35. The lowest BCUT2D eigenvalue weighted by atomic mass is 10.1. The Labute approximate surface area is 143 Å². The molecule has 3 atom stereocenters. The molecule has 0 aromatic heterocycles. The maximum absolute atomic E-state index is 13.1. The van der Waals surface area contributed by atoms with Crippen LogP contribution in [0.15, 0.2) is 53.4 Å². The molecular weight excluding hydrogens is 322 g/mol. The number of sulfone groups is 1. The van der Waals surface area contributed by atoms with Crippen molar-refractivity contribution < 1.29 is 13.2 Å². The van der Waals surface area contributed by atoms with Gasteiger partial charge in [0, 0.05) is 13.0 Å². The van der Waals surface area contributed by atoms with Crippen molar-refractivity contribution in [3.05, 3.63) is 65.2 Å². The van der Waals surface area contributed by atoms with Gasteiger partial charge in [-0.1, -0.05) is 47.5 Å². The summed E-state index contributed by atoms with van der Waals surface area (Å²) in [4.78, 5) is 0.318. The maximum atomic E-state index is 13.1. The number of ether oxygens (including phenoxy) is 1. The molecule has 2 aromatic rings. The van der Waals surface area contributed by atoms with E-state index in [-0.39, 0.29) is 12.5 Å². The van der Waals surface area contributed by atoms with Crippen LogP contribution in [0.3, 0.4) is 0 Å². The average Bonchev–Trinajstić information content (AvgIpc) is 3.15. The van der Waals surface area contributed by atoms with Crippen molar-refractivity contribution in [2.24, 2.45) is 5.73 Å². The number of methoxy groups -OCH3 is 1. The summed E-state index contributed by atoms with van der Waals surface area (Å²) in [5.74, 6) is -0.260. The smallest absolute Gasteiger partial charge is 0.183 e. The van der Waals surface area contributed by atoms with Gasteiger partial charge in [-0.2, -0.15) is 0 Å². The Balaban J connectivity index is 2.01. The van der Waals surface area contributed by atoms with Gasteiger partial charge in [0.2, 0.25) is 0 Å². The van der Waals surface area contributed by atoms with Crippen molar-refractivity contribution in [3.63, 3.8) is 0 Å². The fraction of sp³-hybridized carbons (Fsp3) is 0.368. The number of hydrogen-bond acceptors (Lipinski definition) is 4. The first kappa shape index (κ1) is 17.1. The first-order chi connectivity index (χ1) is 11.3. The molecule has 1 aliphatic carbocycles. The lowest BCUT2D eigenvalue weighted by Gasteiger charge is -2.11. The van der Waals surface area contributed by atoms with Gasteiger partial charge in [0.1, 0.15) is 0 Å². The number of rotatable bonds is 5. The van der Waals surface area contributed by atoms with Crippen molar-refractivity contribution >= 4 is 9.84 Å². The van der Waals surface area contributed by atoms with Gasteiger partial charge in [-0.15, -0.1) is 0 Å². The normalized spacial score (nSPS) is 26.3. The minimum atomic E-state index is -3.52. The number of benzene rings is 2. The van der Waals surface area contributed by atoms with E-state index >= 15 is 0 Å². The zero-order valence-electron chi connectivity index (χ0n) is 14.2. The first-order valence-electron chi connectivity index (χ1n) is 7.95. The average molecular weight is 345 g/mol. The Morgan fingerprint density at radius 2 is 1.50 bits per heavy atom. The van der Waals surface area contributed by atoms with Gasteiger partial charge in [0.25, 0.3) is 0 Å². The van der Waals surface area contributed by atoms with E-state index in [1.165, 1.54) is 0 Å². The van der Waals surface area contributed by atoms with Crippen LogP contribution in [0, 0.1) is 13.8 Å². The van der Waals surface area contributed by atoms with Crippen LogP contribution >= 0.6 is 0 Å². The van der Waals surface area contributed by atoms with Gasteiger partial charge in [0.05, 0.1) is 22.3 Å². The highest BCUT2D eigenvalue weighted by Crippen LogP contribution is 2.55. The Bertz CT molecular complexity index is 828. The monoisotopic (exact) mass is 345 g/mol. The fourth-order valence-electron chi connectivity index (χ4n) is 3.45. The molecule has 5 heteroatoms. The predicted molar refractivity (Wildman–Crippen MR) is 94.9 cm³/mol. The zero-order valence-corrected chi connectivity index (χ0v) is 15.0. The van der Waals surface area contributed by atoms with Gasteiger partial charge in [0.15, 0.2) is 9.84 Å². The number of nitrogens with two attached hydrogens (primary N) is 1. The molecule has 2 N–H and O–H groups in total. The molecule has 1 saturated carbocycles. The summed E-state index contributed by atoms with van der Waals surface area (Å²) in [5, 5.41) is -0.671. The SMILES string of the molecule is COC[C@]1(N)[C@H](c2ccc(C)cc2)[C@H]1S(=O)(=O)c1ccc(C)cc1. The van der Waals surface area contributed by atoms with Crippen molar-refractivity contribution in [1.82, 2.24) is 0 Å². The third-order valence-corrected chi connectivity index (χ3v) is 7.13. The van der Waals surface area contributed by atoms with Crippen LogP contribution in [0.4, 0.5) is 0 Å². The standard InChI is InChI=1S/C19H23NO3S/c1-13-4-8-15(9-5-13)17-18(19(17,20)12-23-3)24(21,22)16-10-6-14(2)7-11-16/h4-11,17-18H,12,20H2,1-3H3/t17-,18-,19+/m1/s1. The van der Waals surface area contributed by atoms with Crippen molar-refractivity contribution in [2.75, 3.05) is 13.7 Å². The summed E-state index contributed by atoms with van der Waals surface area (Å²) in [6.07, 6.45) is 0. The summed E-state index contributed by atoms with van der Waals surface area (Å²) >= 11 is 0. The summed E-state index contributed by atoms with van der Waals surface area (Å²) in [7, 11) is -1.97. The second kappa shape index (κ2) is 5.99. The largest absolute Gasteiger partial charge is 0.383 e. The molecule has 0 amide bonds. The third kappa shape index (κ3) is 2.77. The number of hydrogen-bond donors (Lipinski definition) is 1. The van der Waals surface area contributed by atoms with Gasteiger partial charge < -0.3 is 10.5 Å². The Morgan fingerprint density at radius 3 is 2.00 bits per heavy atom. The second-order valence-corrected chi connectivity index (χ2v) is 8.78. The molecule has 128 valence electrons. The molecular formula is C19H23NO3S. The van der Waals surface area contributed by atoms with Crippen molar-refractivity contribution in [2.45, 2.75) is 35.4 Å². The van der Waals surface area contributed by atoms with E-state index in [2.05, 4.69) is 0 Å². The minimum absolute atomic E-state index is 0.210. The maximum Gasteiger partial charge on any atom is 0.183 e. The van der Waals surface area contributed by atoms with Crippen LogP contribution in [0.5, 0.6) is 0 Å². The molecule has 0 heterocycles. The molecule has 0 unspecified atom stereocenters. The van der Waals surface area contributed by atoms with Crippen LogP contribution in [0.25, 0.3) is 0 Å². The summed E-state index contributed by atoms with van der Waals surface area (Å²) in [5.41, 5.74) is 8.67. The summed E-state index contributed by atoms with van der Waals surface area (Å²) in [6.45, 7) is 4.14. The van der Waals surface area contributed by atoms with Crippen LogP contribution in [-0.2, 0) is 14.6 Å². The van der Waals surface area contributed by atoms with Crippen LogP contribution in [0.1, 0.15) is 22.6 Å². The van der Waals surface area contributed by atoms with E-state index in [1.54, 1.807) is 19.2 Å². The van der Waals surface area contributed by atoms with E-state index in [4.69, 9.17) is 10.5 Å². The topological polar surface area (TPSA) is 69.4 Å². The van der Waals surface area contributed by atoms with Gasteiger partial charge in [-0.3, -0.25) is 0 Å². The molecule has 24 heavy (non-hydrogen) atoms. The molecule has 3 rings (SSSR count). The molecule has 4 nitrogen and oxygen atoms in total. The van der Waals surface area contributed by atoms with Gasteiger partial charge >= 0.3 is 0 Å². The highest BCUT2D eigenvalue weighted by Gasteiger charge is 2.69. The molecule has 0 bridgehead atoms. The van der Waals surface area contributed by atoms with E-state index in [0.29, 0.717) is 4.90 Å². The van der Waals surface area contributed by atoms with Crippen molar-refractivity contribution in [3.8, 4) is 0 Å². The van der Waals surface area contributed by atoms with E-state index in [0.717, 1.165) is 16.7 Å². The quantitative estimate of drug-likeness (QED) is 0.904. The van der Waals surface area contributed by atoms with E-state index in [1.807, 2.05) is 50.2 Å². The Kier molecular flexibility index (Phi) is 4.28. The first-order valence-corrected chi connectivity index (χ1v) is 9.50. The Hall–Kier alpha value is -1.69. The molecule has 0 spiro atoms. The fourth-order valence-corrected chi connectivity index (χ4v) is 5.74. The second-order valence-electron chi connectivity index (χ2n) is 6.71. The summed E-state index contributed by atoms with van der Waals surface area (Å²) < 4.78 is 31.5. The summed E-state index contributed by atoms with van der Waals surface area (Å²) in [6, 6.07) is 14.8. The van der Waals surface area contributed by atoms with Crippen LogP contribution in [0.2, 0.25) is 0 Å². The highest BCUT2D eigenvalue weighted by molar-refractivity contribution is 7.92. The number of aryl methyl sites for hydroxylation is 2. The molecule has 2 aromatic carbocycles. The molecule has 1 aliphatic rings.